The Hall–Kier alpha value is -2.02. The number of hydrogen-bond acceptors (Lipinski definition) is 4. The standard InChI is InChI=1S/2C6H5F2NO2S/c7-4-1-2-6(5(8)3-4)12(9,10)11;7-4-1-2-5(8)6(3-4)12(9,10)11/h2*1-3H,(H2,9,10,11). The molecular weight excluding hydrogens is 376 g/mol. The van der Waals surface area contributed by atoms with Gasteiger partial charge < -0.3 is 0 Å². The molecule has 0 atom stereocenters. The van der Waals surface area contributed by atoms with Gasteiger partial charge in [-0.05, 0) is 30.3 Å². The van der Waals surface area contributed by atoms with E-state index in [9.17, 15) is 34.4 Å². The third-order valence-corrected chi connectivity index (χ3v) is 4.27. The Morgan fingerprint density at radius 3 is 1.50 bits per heavy atom. The quantitative estimate of drug-likeness (QED) is 0.754. The van der Waals surface area contributed by atoms with Crippen molar-refractivity contribution in [3.05, 3.63) is 59.7 Å². The molecule has 0 radical (unpaired) electrons. The van der Waals surface area contributed by atoms with Gasteiger partial charge in [-0.2, -0.15) is 0 Å². The lowest BCUT2D eigenvalue weighted by atomic mass is 10.3. The molecule has 0 fully saturated rings. The average Bonchev–Trinajstić information content (AvgIpc) is 2.39. The van der Waals surface area contributed by atoms with Gasteiger partial charge in [-0.25, -0.2) is 44.7 Å². The molecule has 2 aromatic carbocycles. The van der Waals surface area contributed by atoms with Crippen molar-refractivity contribution in [2.24, 2.45) is 10.3 Å². The van der Waals surface area contributed by atoms with Crippen LogP contribution in [0.15, 0.2) is 46.2 Å². The largest absolute Gasteiger partial charge is 0.241 e. The van der Waals surface area contributed by atoms with Gasteiger partial charge in [-0.3, -0.25) is 0 Å². The van der Waals surface area contributed by atoms with Gasteiger partial charge in [0.2, 0.25) is 20.0 Å². The second kappa shape index (κ2) is 7.25. The monoisotopic (exact) mass is 386 g/mol. The molecule has 2 aromatic rings. The molecular formula is C12H10F4N2O4S2. The predicted molar refractivity (Wildman–Crippen MR) is 75.5 cm³/mol. The number of halogens is 4. The molecule has 0 saturated carbocycles. The van der Waals surface area contributed by atoms with E-state index < -0.39 is 53.1 Å². The highest BCUT2D eigenvalue weighted by molar-refractivity contribution is 7.89. The van der Waals surface area contributed by atoms with Crippen molar-refractivity contribution in [3.8, 4) is 0 Å². The maximum Gasteiger partial charge on any atom is 0.241 e. The summed E-state index contributed by atoms with van der Waals surface area (Å²) in [7, 11) is -8.26. The maximum absolute atomic E-state index is 12.6. The Balaban J connectivity index is 0.000000240. The van der Waals surface area contributed by atoms with E-state index in [1.807, 2.05) is 0 Å². The van der Waals surface area contributed by atoms with E-state index in [1.54, 1.807) is 0 Å². The average molecular weight is 386 g/mol. The molecule has 0 aromatic heterocycles. The molecule has 0 spiro atoms. The van der Waals surface area contributed by atoms with Crippen molar-refractivity contribution in [1.82, 2.24) is 0 Å². The minimum absolute atomic E-state index is 0.458. The molecule has 0 heterocycles. The lowest BCUT2D eigenvalue weighted by molar-refractivity contribution is 0.549. The van der Waals surface area contributed by atoms with Gasteiger partial charge in [-0.15, -0.1) is 0 Å². The van der Waals surface area contributed by atoms with E-state index in [-0.39, 0.29) is 0 Å². The molecule has 0 saturated heterocycles. The first-order valence-corrected chi connectivity index (χ1v) is 8.87. The maximum atomic E-state index is 12.6. The molecule has 0 aliphatic heterocycles. The van der Waals surface area contributed by atoms with Crippen LogP contribution in [0.1, 0.15) is 0 Å². The first kappa shape index (κ1) is 20.0. The lowest BCUT2D eigenvalue weighted by Crippen LogP contribution is -2.14. The summed E-state index contributed by atoms with van der Waals surface area (Å²) in [5.74, 6) is -3.93. The van der Waals surface area contributed by atoms with E-state index in [0.29, 0.717) is 18.2 Å². The molecule has 6 nitrogen and oxygen atoms in total. The third kappa shape index (κ3) is 5.56. The SMILES string of the molecule is NS(=O)(=O)c1cc(F)ccc1F.NS(=O)(=O)c1ccc(F)cc1F. The normalized spacial score (nSPS) is 11.6. The minimum Gasteiger partial charge on any atom is -0.225 e. The number of benzene rings is 2. The second-order valence-corrected chi connectivity index (χ2v) is 7.30. The van der Waals surface area contributed by atoms with E-state index >= 15 is 0 Å². The van der Waals surface area contributed by atoms with Crippen LogP contribution >= 0.6 is 0 Å². The Morgan fingerprint density at radius 1 is 0.625 bits per heavy atom. The van der Waals surface area contributed by atoms with E-state index in [0.717, 1.165) is 18.2 Å². The van der Waals surface area contributed by atoms with Crippen LogP contribution in [0.5, 0.6) is 0 Å². The van der Waals surface area contributed by atoms with Crippen molar-refractivity contribution in [1.29, 1.82) is 0 Å². The number of hydrogen-bond donors (Lipinski definition) is 2. The van der Waals surface area contributed by atoms with E-state index in [4.69, 9.17) is 0 Å². The molecule has 24 heavy (non-hydrogen) atoms. The van der Waals surface area contributed by atoms with Crippen LogP contribution in [0.3, 0.4) is 0 Å². The zero-order valence-corrected chi connectivity index (χ0v) is 13.2. The molecule has 4 N–H and O–H groups in total. The Labute approximate surface area is 134 Å². The number of sulfonamides is 2. The second-order valence-electron chi connectivity index (χ2n) is 4.24. The summed E-state index contributed by atoms with van der Waals surface area (Å²) >= 11 is 0. The summed E-state index contributed by atoms with van der Waals surface area (Å²) < 4.78 is 92.3. The summed E-state index contributed by atoms with van der Waals surface area (Å²) in [5, 5.41) is 9.21. The predicted octanol–water partition coefficient (Wildman–Crippen LogP) is 1.22. The van der Waals surface area contributed by atoms with Crippen molar-refractivity contribution in [2.45, 2.75) is 9.79 Å². The fourth-order valence-electron chi connectivity index (χ4n) is 1.40. The molecule has 0 unspecified atom stereocenters. The zero-order chi connectivity index (χ0) is 18.7. The summed E-state index contributed by atoms with van der Waals surface area (Å²) in [4.78, 5) is -1.54. The fraction of sp³-hybridized carbons (Fsp3) is 0. The Morgan fingerprint density at radius 2 is 1.08 bits per heavy atom. The topological polar surface area (TPSA) is 120 Å². The molecule has 0 aliphatic rings. The summed E-state index contributed by atoms with van der Waals surface area (Å²) in [5.41, 5.74) is 0. The van der Waals surface area contributed by atoms with Gasteiger partial charge in [0.05, 0.1) is 0 Å². The Kier molecular flexibility index (Phi) is 6.05. The summed E-state index contributed by atoms with van der Waals surface area (Å²) in [6.07, 6.45) is 0. The number of primary sulfonamides is 2. The van der Waals surface area contributed by atoms with Crippen molar-refractivity contribution in [2.75, 3.05) is 0 Å². The molecule has 2 rings (SSSR count). The van der Waals surface area contributed by atoms with Gasteiger partial charge in [0, 0.05) is 6.07 Å². The van der Waals surface area contributed by atoms with Crippen LogP contribution < -0.4 is 10.3 Å². The van der Waals surface area contributed by atoms with Gasteiger partial charge >= 0.3 is 0 Å². The van der Waals surface area contributed by atoms with Crippen LogP contribution in [-0.4, -0.2) is 16.8 Å². The van der Waals surface area contributed by atoms with Crippen LogP contribution in [0, 0.1) is 23.3 Å². The molecule has 12 heteroatoms. The lowest BCUT2D eigenvalue weighted by Gasteiger charge is -1.98. The highest BCUT2D eigenvalue weighted by Gasteiger charge is 2.15. The fourth-order valence-corrected chi connectivity index (χ4v) is 2.61. The van der Waals surface area contributed by atoms with Crippen LogP contribution in [0.2, 0.25) is 0 Å². The molecule has 132 valence electrons. The van der Waals surface area contributed by atoms with Gasteiger partial charge in [0.25, 0.3) is 0 Å². The summed E-state index contributed by atoms with van der Waals surface area (Å²) in [6.45, 7) is 0. The molecule has 0 amide bonds. The number of nitrogens with two attached hydrogens (primary N) is 2. The first-order valence-electron chi connectivity index (χ1n) is 5.78. The third-order valence-electron chi connectivity index (χ3n) is 2.40. The van der Waals surface area contributed by atoms with E-state index in [2.05, 4.69) is 10.3 Å². The van der Waals surface area contributed by atoms with Crippen molar-refractivity contribution in [3.63, 3.8) is 0 Å². The van der Waals surface area contributed by atoms with Gasteiger partial charge in [0.1, 0.15) is 33.1 Å². The smallest absolute Gasteiger partial charge is 0.225 e. The van der Waals surface area contributed by atoms with Crippen LogP contribution in [-0.2, 0) is 20.0 Å². The highest BCUT2D eigenvalue weighted by atomic mass is 32.2. The highest BCUT2D eigenvalue weighted by Crippen LogP contribution is 2.14. The molecule has 0 bridgehead atoms. The minimum atomic E-state index is -4.17. The molecule has 0 aliphatic carbocycles. The number of rotatable bonds is 2. The first-order chi connectivity index (χ1) is 10.8. The van der Waals surface area contributed by atoms with Crippen molar-refractivity contribution < 1.29 is 34.4 Å². The van der Waals surface area contributed by atoms with E-state index in [1.165, 1.54) is 0 Å². The van der Waals surface area contributed by atoms with Gasteiger partial charge in [-0.1, -0.05) is 0 Å². The van der Waals surface area contributed by atoms with Crippen molar-refractivity contribution >= 4 is 20.0 Å². The zero-order valence-electron chi connectivity index (χ0n) is 11.6. The van der Waals surface area contributed by atoms with Crippen LogP contribution in [0.25, 0.3) is 0 Å². The summed E-state index contributed by atoms with van der Waals surface area (Å²) in [6, 6.07) is 4.10. The van der Waals surface area contributed by atoms with Gasteiger partial charge in [0.15, 0.2) is 0 Å². The Bertz CT molecular complexity index is 963. The van der Waals surface area contributed by atoms with Crippen LogP contribution in [0.4, 0.5) is 17.6 Å².